The largest absolute Gasteiger partial charge is 0.454 e. The Kier molecular flexibility index (Phi) is 4.71. The van der Waals surface area contributed by atoms with E-state index in [-0.39, 0.29) is 18.6 Å². The molecule has 0 bridgehead atoms. The molecule has 110 valence electrons. The van der Waals surface area contributed by atoms with Gasteiger partial charge < -0.3 is 20.5 Å². The molecule has 1 aromatic carbocycles. The number of hydrogen-bond acceptors (Lipinski definition) is 4. The van der Waals surface area contributed by atoms with Gasteiger partial charge in [0.15, 0.2) is 11.5 Å². The minimum absolute atomic E-state index is 0.0271. The highest BCUT2D eigenvalue weighted by Crippen LogP contribution is 2.38. The Balaban J connectivity index is 2.10. The fourth-order valence-corrected chi connectivity index (χ4v) is 2.40. The maximum atomic E-state index is 12.3. The number of benzene rings is 1. The zero-order valence-corrected chi connectivity index (χ0v) is 12.1. The quantitative estimate of drug-likeness (QED) is 0.784. The van der Waals surface area contributed by atoms with Gasteiger partial charge in [0, 0.05) is 18.1 Å². The number of carbonyl (C=O) groups excluding carboxylic acids is 1. The smallest absolute Gasteiger partial charge is 0.231 e. The zero-order chi connectivity index (χ0) is 14.5. The van der Waals surface area contributed by atoms with Gasteiger partial charge in [0.25, 0.3) is 0 Å². The Morgan fingerprint density at radius 3 is 2.45 bits per heavy atom. The van der Waals surface area contributed by atoms with Gasteiger partial charge in [0.2, 0.25) is 12.7 Å². The third-order valence-electron chi connectivity index (χ3n) is 3.45. The van der Waals surface area contributed by atoms with E-state index in [4.69, 9.17) is 15.2 Å². The molecule has 2 rings (SSSR count). The highest BCUT2D eigenvalue weighted by atomic mass is 16.7. The van der Waals surface area contributed by atoms with Crippen LogP contribution in [0.5, 0.6) is 11.5 Å². The number of nitrogens with two attached hydrogens (primary N) is 1. The minimum Gasteiger partial charge on any atom is -0.454 e. The van der Waals surface area contributed by atoms with Crippen LogP contribution < -0.4 is 20.5 Å². The minimum atomic E-state index is 0.0271. The van der Waals surface area contributed by atoms with Gasteiger partial charge in [-0.05, 0) is 12.8 Å². The first-order valence-electron chi connectivity index (χ1n) is 7.15. The van der Waals surface area contributed by atoms with E-state index >= 15 is 0 Å². The van der Waals surface area contributed by atoms with Crippen LogP contribution in [0.4, 0.5) is 11.4 Å². The number of amides is 1. The predicted molar refractivity (Wildman–Crippen MR) is 78.9 cm³/mol. The summed E-state index contributed by atoms with van der Waals surface area (Å²) in [5.41, 5.74) is 7.03. The zero-order valence-electron chi connectivity index (χ0n) is 12.1. The van der Waals surface area contributed by atoms with E-state index in [1.165, 1.54) is 0 Å². The van der Waals surface area contributed by atoms with Crippen molar-refractivity contribution in [3.63, 3.8) is 0 Å². The second kappa shape index (κ2) is 6.50. The normalized spacial score (nSPS) is 12.8. The molecule has 3 N–H and O–H groups in total. The fourth-order valence-electron chi connectivity index (χ4n) is 2.40. The summed E-state index contributed by atoms with van der Waals surface area (Å²) in [6.07, 6.45) is 3.78. The fraction of sp³-hybridized carbons (Fsp3) is 0.533. The molecule has 0 radical (unpaired) electrons. The summed E-state index contributed by atoms with van der Waals surface area (Å²) in [6.45, 7) is 4.37. The first kappa shape index (κ1) is 14.5. The van der Waals surface area contributed by atoms with Crippen LogP contribution in [0, 0.1) is 5.92 Å². The molecule has 5 nitrogen and oxygen atoms in total. The molecule has 20 heavy (non-hydrogen) atoms. The molecule has 0 unspecified atom stereocenters. The number of carbonyl (C=O) groups is 1. The van der Waals surface area contributed by atoms with E-state index in [1.54, 1.807) is 12.1 Å². The van der Waals surface area contributed by atoms with Gasteiger partial charge in [-0.1, -0.05) is 26.7 Å². The first-order valence-corrected chi connectivity index (χ1v) is 7.15. The highest BCUT2D eigenvalue weighted by molar-refractivity contribution is 5.96. The lowest BCUT2D eigenvalue weighted by Gasteiger charge is -2.16. The summed E-state index contributed by atoms with van der Waals surface area (Å²) in [7, 11) is 0. The van der Waals surface area contributed by atoms with Crippen LogP contribution in [0.15, 0.2) is 12.1 Å². The number of hydrogen-bond donors (Lipinski definition) is 2. The molecule has 0 saturated carbocycles. The summed E-state index contributed by atoms with van der Waals surface area (Å²) >= 11 is 0. The van der Waals surface area contributed by atoms with Gasteiger partial charge >= 0.3 is 0 Å². The monoisotopic (exact) mass is 278 g/mol. The van der Waals surface area contributed by atoms with E-state index in [0.717, 1.165) is 25.7 Å². The third kappa shape index (κ3) is 3.15. The van der Waals surface area contributed by atoms with Crippen molar-refractivity contribution in [1.82, 2.24) is 0 Å². The molecule has 1 amide bonds. The molecule has 1 aromatic rings. The Bertz CT molecular complexity index is 482. The molecule has 1 heterocycles. The van der Waals surface area contributed by atoms with Crippen LogP contribution in [0.25, 0.3) is 0 Å². The van der Waals surface area contributed by atoms with Gasteiger partial charge in [0.1, 0.15) is 0 Å². The lowest BCUT2D eigenvalue weighted by Crippen LogP contribution is -2.23. The molecular weight excluding hydrogens is 256 g/mol. The third-order valence-corrected chi connectivity index (χ3v) is 3.45. The molecule has 5 heteroatoms. The Morgan fingerprint density at radius 2 is 1.85 bits per heavy atom. The average molecular weight is 278 g/mol. The molecule has 0 saturated heterocycles. The van der Waals surface area contributed by atoms with Gasteiger partial charge in [-0.2, -0.15) is 0 Å². The average Bonchev–Trinajstić information content (AvgIpc) is 2.86. The second-order valence-corrected chi connectivity index (χ2v) is 5.06. The molecule has 1 aliphatic heterocycles. The number of fused-ring (bicyclic) bond motifs is 1. The van der Waals surface area contributed by atoms with Crippen molar-refractivity contribution in [2.45, 2.75) is 39.5 Å². The lowest BCUT2D eigenvalue weighted by molar-refractivity contribution is -0.120. The van der Waals surface area contributed by atoms with Crippen molar-refractivity contribution < 1.29 is 14.3 Å². The van der Waals surface area contributed by atoms with E-state index in [2.05, 4.69) is 19.2 Å². The summed E-state index contributed by atoms with van der Waals surface area (Å²) in [5, 5.41) is 2.91. The second-order valence-electron chi connectivity index (χ2n) is 5.06. The van der Waals surface area contributed by atoms with Crippen molar-refractivity contribution >= 4 is 17.3 Å². The van der Waals surface area contributed by atoms with Crippen LogP contribution in [0.1, 0.15) is 39.5 Å². The molecule has 0 fully saturated rings. The number of nitrogen functional groups attached to an aromatic ring is 1. The number of nitrogens with one attached hydrogen (secondary N) is 1. The molecule has 0 aromatic heterocycles. The highest BCUT2D eigenvalue weighted by Gasteiger charge is 2.20. The van der Waals surface area contributed by atoms with E-state index < -0.39 is 0 Å². The number of ether oxygens (including phenoxy) is 2. The van der Waals surface area contributed by atoms with Crippen LogP contribution in [0.3, 0.4) is 0 Å². The molecular formula is C15H22N2O3. The van der Waals surface area contributed by atoms with Crippen LogP contribution in [0.2, 0.25) is 0 Å². The van der Waals surface area contributed by atoms with Crippen molar-refractivity contribution in [2.75, 3.05) is 17.8 Å². The van der Waals surface area contributed by atoms with E-state index in [9.17, 15) is 4.79 Å². The van der Waals surface area contributed by atoms with Crippen molar-refractivity contribution in [3.05, 3.63) is 12.1 Å². The maximum Gasteiger partial charge on any atom is 0.231 e. The summed E-state index contributed by atoms with van der Waals surface area (Å²) in [6, 6.07) is 3.41. The number of anilines is 2. The molecule has 1 aliphatic rings. The first-order chi connectivity index (χ1) is 9.65. The van der Waals surface area contributed by atoms with Crippen LogP contribution in [-0.4, -0.2) is 12.7 Å². The Morgan fingerprint density at radius 1 is 1.25 bits per heavy atom. The van der Waals surface area contributed by atoms with Gasteiger partial charge in [-0.15, -0.1) is 0 Å². The molecule has 0 spiro atoms. The summed E-state index contributed by atoms with van der Waals surface area (Å²) < 4.78 is 10.6. The predicted octanol–water partition coefficient (Wildman–Crippen LogP) is 3.15. The van der Waals surface area contributed by atoms with Crippen molar-refractivity contribution in [2.24, 2.45) is 5.92 Å². The molecule has 0 atom stereocenters. The molecule has 0 aliphatic carbocycles. The lowest BCUT2D eigenvalue weighted by atomic mass is 9.97. The summed E-state index contributed by atoms with van der Waals surface area (Å²) in [4.78, 5) is 12.3. The van der Waals surface area contributed by atoms with Crippen LogP contribution >= 0.6 is 0 Å². The number of rotatable bonds is 6. The SMILES string of the molecule is CCCC(CCC)C(=O)Nc1cc2c(cc1N)OCO2. The van der Waals surface area contributed by atoms with E-state index in [0.29, 0.717) is 22.9 Å². The van der Waals surface area contributed by atoms with Gasteiger partial charge in [-0.25, -0.2) is 0 Å². The van der Waals surface area contributed by atoms with Gasteiger partial charge in [0.05, 0.1) is 11.4 Å². The maximum absolute atomic E-state index is 12.3. The standard InChI is InChI=1S/C15H22N2O3/c1-3-5-10(6-4-2)15(18)17-12-8-14-13(7-11(12)16)19-9-20-14/h7-8,10H,3-6,9,16H2,1-2H3,(H,17,18). The van der Waals surface area contributed by atoms with E-state index in [1.807, 2.05) is 0 Å². The Hall–Kier alpha value is -1.91. The van der Waals surface area contributed by atoms with Crippen molar-refractivity contribution in [3.8, 4) is 11.5 Å². The van der Waals surface area contributed by atoms with Crippen molar-refractivity contribution in [1.29, 1.82) is 0 Å². The summed E-state index contributed by atoms with van der Waals surface area (Å²) in [5.74, 6) is 1.31. The topological polar surface area (TPSA) is 73.6 Å². The Labute approximate surface area is 119 Å². The van der Waals surface area contributed by atoms with Crippen LogP contribution in [-0.2, 0) is 4.79 Å². The van der Waals surface area contributed by atoms with Gasteiger partial charge in [-0.3, -0.25) is 4.79 Å².